The van der Waals surface area contributed by atoms with Crippen molar-refractivity contribution in [1.29, 1.82) is 0 Å². The van der Waals surface area contributed by atoms with Gasteiger partial charge in [-0.05, 0) is 52.6 Å². The van der Waals surface area contributed by atoms with Gasteiger partial charge in [0.15, 0.2) is 0 Å². The van der Waals surface area contributed by atoms with Gasteiger partial charge in [-0.25, -0.2) is 4.79 Å². The van der Waals surface area contributed by atoms with Crippen LogP contribution in [0.25, 0.3) is 0 Å². The lowest BCUT2D eigenvalue weighted by atomic mass is 9.96. The van der Waals surface area contributed by atoms with E-state index in [0.717, 1.165) is 32.3 Å². The topological polar surface area (TPSA) is 76.2 Å². The average Bonchev–Trinajstić information content (AvgIpc) is 3.00. The number of amides is 1. The van der Waals surface area contributed by atoms with Gasteiger partial charge in [-0.1, -0.05) is 6.92 Å². The quantitative estimate of drug-likeness (QED) is 0.708. The molecule has 24 heavy (non-hydrogen) atoms. The molecule has 2 aliphatic rings. The van der Waals surface area contributed by atoms with Crippen LogP contribution in [0.5, 0.6) is 0 Å². The second kappa shape index (κ2) is 7.17. The standard InChI is InChI=1S/C16H30N2O5S/c1-6-17-8-7-12(10-17)14-9-13(23-24(5,20)21)11-18(14)15(19)22-16(2,3)4/h12-14H,6-11H2,1-5H3/t12?,13-,14+/m1/s1. The molecule has 0 bridgehead atoms. The van der Waals surface area contributed by atoms with E-state index in [1.165, 1.54) is 0 Å². The number of likely N-dealkylation sites (tertiary alicyclic amines) is 2. The fraction of sp³-hybridized carbons (Fsp3) is 0.938. The number of carbonyl (C=O) groups is 1. The molecule has 0 aromatic rings. The number of hydrogen-bond donors (Lipinski definition) is 0. The molecule has 2 aliphatic heterocycles. The molecule has 8 heteroatoms. The molecule has 2 heterocycles. The fourth-order valence-electron chi connectivity index (χ4n) is 3.58. The zero-order valence-electron chi connectivity index (χ0n) is 15.3. The molecule has 0 radical (unpaired) electrons. The Hall–Kier alpha value is -0.860. The molecular formula is C16H30N2O5S. The third kappa shape index (κ3) is 5.32. The Morgan fingerprint density at radius 1 is 1.25 bits per heavy atom. The largest absolute Gasteiger partial charge is 0.444 e. The SMILES string of the molecule is CCN1CCC([C@@H]2C[C@@H](OS(C)(=O)=O)CN2C(=O)OC(C)(C)C)C1. The van der Waals surface area contributed by atoms with E-state index >= 15 is 0 Å². The third-order valence-corrected chi connectivity index (χ3v) is 5.17. The molecule has 2 rings (SSSR count). The minimum atomic E-state index is -3.54. The lowest BCUT2D eigenvalue weighted by molar-refractivity contribution is 0.0169. The van der Waals surface area contributed by atoms with Crippen molar-refractivity contribution in [3.8, 4) is 0 Å². The Labute approximate surface area is 145 Å². The van der Waals surface area contributed by atoms with E-state index in [0.29, 0.717) is 12.3 Å². The second-order valence-electron chi connectivity index (χ2n) is 7.80. The van der Waals surface area contributed by atoms with Gasteiger partial charge in [0.1, 0.15) is 5.60 Å². The summed E-state index contributed by atoms with van der Waals surface area (Å²) < 4.78 is 33.6. The summed E-state index contributed by atoms with van der Waals surface area (Å²) in [6.45, 7) is 10.8. The van der Waals surface area contributed by atoms with Gasteiger partial charge < -0.3 is 14.5 Å². The monoisotopic (exact) mass is 362 g/mol. The Balaban J connectivity index is 2.12. The van der Waals surface area contributed by atoms with Crippen molar-refractivity contribution in [3.63, 3.8) is 0 Å². The summed E-state index contributed by atoms with van der Waals surface area (Å²) in [6, 6.07) is -0.0388. The van der Waals surface area contributed by atoms with E-state index in [4.69, 9.17) is 8.92 Å². The molecule has 0 aromatic heterocycles. The van der Waals surface area contributed by atoms with Crippen molar-refractivity contribution in [3.05, 3.63) is 0 Å². The van der Waals surface area contributed by atoms with Gasteiger partial charge in [-0.3, -0.25) is 4.18 Å². The van der Waals surface area contributed by atoms with Crippen LogP contribution in [0.1, 0.15) is 40.5 Å². The van der Waals surface area contributed by atoms with Crippen molar-refractivity contribution >= 4 is 16.2 Å². The molecule has 3 atom stereocenters. The first-order valence-electron chi connectivity index (χ1n) is 8.58. The maximum absolute atomic E-state index is 12.6. The van der Waals surface area contributed by atoms with Crippen LogP contribution in [0.15, 0.2) is 0 Å². The molecule has 0 aromatic carbocycles. The van der Waals surface area contributed by atoms with E-state index in [1.54, 1.807) is 4.90 Å². The molecule has 0 saturated carbocycles. The van der Waals surface area contributed by atoms with Gasteiger partial charge in [0.05, 0.1) is 18.9 Å². The summed E-state index contributed by atoms with van der Waals surface area (Å²) in [4.78, 5) is 16.6. The Bertz CT molecular complexity index is 557. The summed E-state index contributed by atoms with van der Waals surface area (Å²) in [6.07, 6.45) is 1.71. The molecule has 2 saturated heterocycles. The maximum Gasteiger partial charge on any atom is 0.410 e. The molecule has 0 N–H and O–H groups in total. The van der Waals surface area contributed by atoms with Crippen LogP contribution < -0.4 is 0 Å². The van der Waals surface area contributed by atoms with Gasteiger partial charge in [0, 0.05) is 12.6 Å². The Kier molecular flexibility index (Phi) is 5.82. The van der Waals surface area contributed by atoms with Crippen LogP contribution in [0.4, 0.5) is 4.79 Å². The lowest BCUT2D eigenvalue weighted by Gasteiger charge is -2.31. The van der Waals surface area contributed by atoms with E-state index < -0.39 is 21.8 Å². The number of hydrogen-bond acceptors (Lipinski definition) is 6. The van der Waals surface area contributed by atoms with E-state index in [2.05, 4.69) is 11.8 Å². The van der Waals surface area contributed by atoms with Crippen LogP contribution in [-0.4, -0.2) is 74.5 Å². The average molecular weight is 362 g/mol. The molecule has 0 spiro atoms. The summed E-state index contributed by atoms with van der Waals surface area (Å²) in [5.41, 5.74) is -0.581. The van der Waals surface area contributed by atoms with Crippen LogP contribution in [-0.2, 0) is 19.0 Å². The molecule has 0 aliphatic carbocycles. The molecule has 1 amide bonds. The van der Waals surface area contributed by atoms with E-state index in [-0.39, 0.29) is 18.7 Å². The van der Waals surface area contributed by atoms with E-state index in [9.17, 15) is 13.2 Å². The van der Waals surface area contributed by atoms with Crippen molar-refractivity contribution in [1.82, 2.24) is 9.80 Å². The van der Waals surface area contributed by atoms with Crippen molar-refractivity contribution in [2.75, 3.05) is 32.4 Å². The molecule has 2 fully saturated rings. The summed E-state index contributed by atoms with van der Waals surface area (Å²) in [7, 11) is -3.54. The highest BCUT2D eigenvalue weighted by Gasteiger charge is 2.44. The third-order valence-electron chi connectivity index (χ3n) is 4.54. The second-order valence-corrected chi connectivity index (χ2v) is 9.40. The first kappa shape index (κ1) is 19.5. The number of carbonyl (C=O) groups excluding carboxylic acids is 1. The van der Waals surface area contributed by atoms with Crippen molar-refractivity contribution < 1.29 is 22.1 Å². The predicted molar refractivity (Wildman–Crippen MR) is 91.3 cm³/mol. The first-order valence-corrected chi connectivity index (χ1v) is 10.4. The summed E-state index contributed by atoms with van der Waals surface area (Å²) in [5.74, 6) is 0.325. The molecule has 1 unspecified atom stereocenters. The number of ether oxygens (including phenoxy) is 1. The number of rotatable bonds is 4. The van der Waals surface area contributed by atoms with Crippen molar-refractivity contribution in [2.45, 2.75) is 58.3 Å². The van der Waals surface area contributed by atoms with Gasteiger partial charge in [-0.2, -0.15) is 8.42 Å². The zero-order chi connectivity index (χ0) is 18.1. The van der Waals surface area contributed by atoms with Crippen LogP contribution in [0.2, 0.25) is 0 Å². The Morgan fingerprint density at radius 2 is 1.92 bits per heavy atom. The summed E-state index contributed by atoms with van der Waals surface area (Å²) >= 11 is 0. The molecule has 7 nitrogen and oxygen atoms in total. The number of nitrogens with zero attached hydrogens (tertiary/aromatic N) is 2. The van der Waals surface area contributed by atoms with Crippen LogP contribution in [0.3, 0.4) is 0 Å². The van der Waals surface area contributed by atoms with Crippen molar-refractivity contribution in [2.24, 2.45) is 5.92 Å². The van der Waals surface area contributed by atoms with Gasteiger partial charge in [0.2, 0.25) is 0 Å². The fourth-order valence-corrected chi connectivity index (χ4v) is 4.22. The minimum absolute atomic E-state index is 0.0388. The van der Waals surface area contributed by atoms with Gasteiger partial charge in [0.25, 0.3) is 10.1 Å². The first-order chi connectivity index (χ1) is 11.0. The van der Waals surface area contributed by atoms with Crippen LogP contribution in [0, 0.1) is 5.92 Å². The maximum atomic E-state index is 12.6. The Morgan fingerprint density at radius 3 is 2.42 bits per heavy atom. The zero-order valence-corrected chi connectivity index (χ0v) is 16.1. The van der Waals surface area contributed by atoms with Gasteiger partial charge in [-0.15, -0.1) is 0 Å². The van der Waals surface area contributed by atoms with E-state index in [1.807, 2.05) is 20.8 Å². The molecule has 140 valence electrons. The summed E-state index contributed by atoms with van der Waals surface area (Å²) in [5, 5.41) is 0. The predicted octanol–water partition coefficient (Wildman–Crippen LogP) is 1.68. The normalized spacial score (nSPS) is 29.2. The minimum Gasteiger partial charge on any atom is -0.444 e. The lowest BCUT2D eigenvalue weighted by Crippen LogP contribution is -2.44. The van der Waals surface area contributed by atoms with Crippen LogP contribution >= 0.6 is 0 Å². The highest BCUT2D eigenvalue weighted by Crippen LogP contribution is 2.33. The highest BCUT2D eigenvalue weighted by atomic mass is 32.2. The van der Waals surface area contributed by atoms with Gasteiger partial charge >= 0.3 is 6.09 Å². The molecular weight excluding hydrogens is 332 g/mol. The highest BCUT2D eigenvalue weighted by molar-refractivity contribution is 7.86. The smallest absolute Gasteiger partial charge is 0.410 e.